The summed E-state index contributed by atoms with van der Waals surface area (Å²) in [5.74, 6) is 0. The fourth-order valence-corrected chi connectivity index (χ4v) is 5.71. The second kappa shape index (κ2) is 5.97. The van der Waals surface area contributed by atoms with Crippen molar-refractivity contribution in [2.24, 2.45) is 5.16 Å². The van der Waals surface area contributed by atoms with Gasteiger partial charge in [-0.1, -0.05) is 53.7 Å². The Labute approximate surface area is 147 Å². The van der Waals surface area contributed by atoms with Crippen molar-refractivity contribution in [3.05, 3.63) is 66.2 Å². The molecule has 0 N–H and O–H groups in total. The molecule has 2 aliphatic rings. The van der Waals surface area contributed by atoms with Gasteiger partial charge in [-0.25, -0.2) is 8.42 Å². The van der Waals surface area contributed by atoms with Gasteiger partial charge in [-0.05, 0) is 24.6 Å². The molecular weight excluding hydrogens is 336 g/mol. The highest BCUT2D eigenvalue weighted by Crippen LogP contribution is 2.40. The van der Waals surface area contributed by atoms with Gasteiger partial charge in [-0.3, -0.25) is 4.90 Å². The maximum atomic E-state index is 13.4. The standard InChI is InChI=1S/C19H20N2O3S/c1-15-18-19(14-24-20-18,25(22,23)17-10-6-3-7-11-17)13-21(15)12-16-8-4-2-5-9-16/h2-11,15H,12-14H2,1H3/t15-,19+/m0/s1. The summed E-state index contributed by atoms with van der Waals surface area (Å²) in [5, 5.41) is 4.13. The third kappa shape index (κ3) is 2.48. The van der Waals surface area contributed by atoms with Gasteiger partial charge in [0.15, 0.2) is 14.6 Å². The van der Waals surface area contributed by atoms with Crippen molar-refractivity contribution in [1.29, 1.82) is 0 Å². The average Bonchev–Trinajstić information content (AvgIpc) is 3.17. The highest BCUT2D eigenvalue weighted by molar-refractivity contribution is 7.93. The van der Waals surface area contributed by atoms with Gasteiger partial charge in [-0.15, -0.1) is 0 Å². The molecule has 2 atom stereocenters. The minimum Gasteiger partial charge on any atom is -0.394 e. The number of nitrogens with zero attached hydrogens (tertiary/aromatic N) is 2. The van der Waals surface area contributed by atoms with E-state index in [0.717, 1.165) is 5.56 Å². The zero-order valence-corrected chi connectivity index (χ0v) is 14.8. The van der Waals surface area contributed by atoms with E-state index in [9.17, 15) is 8.42 Å². The summed E-state index contributed by atoms with van der Waals surface area (Å²) in [6.07, 6.45) is 0. The molecule has 2 heterocycles. The first-order chi connectivity index (χ1) is 12.0. The minimum atomic E-state index is -3.59. The predicted molar refractivity (Wildman–Crippen MR) is 96.1 cm³/mol. The van der Waals surface area contributed by atoms with Crippen molar-refractivity contribution in [1.82, 2.24) is 4.90 Å². The third-order valence-electron chi connectivity index (χ3n) is 5.13. The maximum Gasteiger partial charge on any atom is 0.194 e. The Morgan fingerprint density at radius 3 is 2.44 bits per heavy atom. The monoisotopic (exact) mass is 356 g/mol. The van der Waals surface area contributed by atoms with Crippen LogP contribution in [-0.2, 0) is 21.2 Å². The van der Waals surface area contributed by atoms with Gasteiger partial charge in [0.1, 0.15) is 12.3 Å². The van der Waals surface area contributed by atoms with E-state index in [1.165, 1.54) is 0 Å². The van der Waals surface area contributed by atoms with Gasteiger partial charge in [-0.2, -0.15) is 0 Å². The number of oxime groups is 1. The Bertz CT molecular complexity index is 897. The Morgan fingerprint density at radius 2 is 1.76 bits per heavy atom. The molecule has 2 aromatic carbocycles. The lowest BCUT2D eigenvalue weighted by Crippen LogP contribution is -2.48. The molecule has 2 aliphatic heterocycles. The van der Waals surface area contributed by atoms with E-state index in [1.807, 2.05) is 31.2 Å². The van der Waals surface area contributed by atoms with Gasteiger partial charge in [0.05, 0.1) is 10.9 Å². The lowest BCUT2D eigenvalue weighted by molar-refractivity contribution is 0.140. The van der Waals surface area contributed by atoms with Gasteiger partial charge < -0.3 is 4.84 Å². The first kappa shape index (κ1) is 16.3. The summed E-state index contributed by atoms with van der Waals surface area (Å²) >= 11 is 0. The van der Waals surface area contributed by atoms with E-state index in [1.54, 1.807) is 24.3 Å². The van der Waals surface area contributed by atoms with Crippen LogP contribution >= 0.6 is 0 Å². The van der Waals surface area contributed by atoms with Gasteiger partial charge >= 0.3 is 0 Å². The molecular formula is C19H20N2O3S. The van der Waals surface area contributed by atoms with Crippen LogP contribution in [0.1, 0.15) is 12.5 Å². The van der Waals surface area contributed by atoms with Crippen molar-refractivity contribution >= 4 is 15.5 Å². The Hall–Kier alpha value is -2.18. The van der Waals surface area contributed by atoms with Crippen LogP contribution in [0.2, 0.25) is 0 Å². The largest absolute Gasteiger partial charge is 0.394 e. The number of likely N-dealkylation sites (tertiary alicyclic amines) is 1. The number of sulfone groups is 1. The Morgan fingerprint density at radius 1 is 1.12 bits per heavy atom. The van der Waals surface area contributed by atoms with Crippen LogP contribution in [0, 0.1) is 0 Å². The van der Waals surface area contributed by atoms with Crippen molar-refractivity contribution in [2.75, 3.05) is 13.2 Å². The third-order valence-corrected chi connectivity index (χ3v) is 7.50. The normalized spacial score (nSPS) is 26.1. The molecule has 4 rings (SSSR count). The molecule has 0 radical (unpaired) electrons. The van der Waals surface area contributed by atoms with Crippen molar-refractivity contribution in [3.8, 4) is 0 Å². The summed E-state index contributed by atoms with van der Waals surface area (Å²) < 4.78 is 25.7. The van der Waals surface area contributed by atoms with Crippen molar-refractivity contribution in [3.63, 3.8) is 0 Å². The van der Waals surface area contributed by atoms with E-state index in [0.29, 0.717) is 23.7 Å². The van der Waals surface area contributed by atoms with Crippen LogP contribution in [0.25, 0.3) is 0 Å². The Kier molecular flexibility index (Phi) is 3.89. The summed E-state index contributed by atoms with van der Waals surface area (Å²) in [7, 11) is -3.59. The molecule has 5 nitrogen and oxygen atoms in total. The number of hydrogen-bond acceptors (Lipinski definition) is 5. The highest BCUT2D eigenvalue weighted by Gasteiger charge is 2.61. The van der Waals surface area contributed by atoms with Gasteiger partial charge in [0, 0.05) is 13.1 Å². The van der Waals surface area contributed by atoms with E-state index in [4.69, 9.17) is 4.84 Å². The molecule has 1 fully saturated rings. The molecule has 25 heavy (non-hydrogen) atoms. The molecule has 6 heteroatoms. The smallest absolute Gasteiger partial charge is 0.194 e. The van der Waals surface area contributed by atoms with Crippen molar-refractivity contribution in [2.45, 2.75) is 29.2 Å². The van der Waals surface area contributed by atoms with Gasteiger partial charge in [0.25, 0.3) is 0 Å². The molecule has 130 valence electrons. The number of hydrogen-bond donors (Lipinski definition) is 0. The summed E-state index contributed by atoms with van der Waals surface area (Å²) in [6.45, 7) is 3.15. The van der Waals surface area contributed by atoms with Crippen LogP contribution in [0.15, 0.2) is 70.7 Å². The fraction of sp³-hybridized carbons (Fsp3) is 0.316. The van der Waals surface area contributed by atoms with Crippen LogP contribution in [-0.4, -0.2) is 43.0 Å². The lowest BCUT2D eigenvalue weighted by atomic mass is 10.0. The zero-order chi connectivity index (χ0) is 17.5. The first-order valence-electron chi connectivity index (χ1n) is 8.33. The summed E-state index contributed by atoms with van der Waals surface area (Å²) in [5.41, 5.74) is 1.77. The first-order valence-corrected chi connectivity index (χ1v) is 9.81. The topological polar surface area (TPSA) is 59.0 Å². The van der Waals surface area contributed by atoms with E-state index in [2.05, 4.69) is 22.2 Å². The van der Waals surface area contributed by atoms with E-state index in [-0.39, 0.29) is 12.6 Å². The lowest BCUT2D eigenvalue weighted by Gasteiger charge is -2.24. The van der Waals surface area contributed by atoms with Crippen LogP contribution in [0.4, 0.5) is 0 Å². The molecule has 0 spiro atoms. The van der Waals surface area contributed by atoms with Crippen LogP contribution in [0.3, 0.4) is 0 Å². The second-order valence-corrected chi connectivity index (χ2v) is 8.89. The van der Waals surface area contributed by atoms with E-state index < -0.39 is 14.6 Å². The summed E-state index contributed by atoms with van der Waals surface area (Å²) in [6, 6.07) is 18.6. The summed E-state index contributed by atoms with van der Waals surface area (Å²) in [4.78, 5) is 7.76. The van der Waals surface area contributed by atoms with Crippen molar-refractivity contribution < 1.29 is 13.3 Å². The van der Waals surface area contributed by atoms with E-state index >= 15 is 0 Å². The maximum absolute atomic E-state index is 13.4. The average molecular weight is 356 g/mol. The Balaban J connectivity index is 1.71. The van der Waals surface area contributed by atoms with Gasteiger partial charge in [0.2, 0.25) is 0 Å². The molecule has 0 bridgehead atoms. The fourth-order valence-electron chi connectivity index (χ4n) is 3.72. The number of rotatable bonds is 4. The quantitative estimate of drug-likeness (QED) is 0.844. The molecule has 1 saturated heterocycles. The molecule has 0 aliphatic carbocycles. The number of fused-ring (bicyclic) bond motifs is 1. The molecule has 0 amide bonds. The SMILES string of the molecule is C[C@H]1C2=NOC[C@]2(S(=O)(=O)c2ccccc2)CN1Cc1ccccc1. The minimum absolute atomic E-state index is 0.0786. The number of benzene rings is 2. The predicted octanol–water partition coefficient (Wildman–Crippen LogP) is 2.49. The molecule has 0 saturated carbocycles. The zero-order valence-electron chi connectivity index (χ0n) is 14.0. The second-order valence-electron chi connectivity index (χ2n) is 6.63. The molecule has 2 aromatic rings. The molecule has 0 unspecified atom stereocenters. The van der Waals surface area contributed by atoms with Crippen LogP contribution in [0.5, 0.6) is 0 Å². The highest BCUT2D eigenvalue weighted by atomic mass is 32.2. The molecule has 0 aromatic heterocycles. The van der Waals surface area contributed by atoms with Crippen LogP contribution < -0.4 is 0 Å².